The van der Waals surface area contributed by atoms with Crippen molar-refractivity contribution in [2.45, 2.75) is 45.2 Å². The van der Waals surface area contributed by atoms with Crippen LogP contribution in [0.2, 0.25) is 0 Å². The average Bonchev–Trinajstić information content (AvgIpc) is 2.99. The minimum absolute atomic E-state index is 0.0170. The summed E-state index contributed by atoms with van der Waals surface area (Å²) in [7, 11) is -4.01. The van der Waals surface area contributed by atoms with E-state index in [9.17, 15) is 18.0 Å². The first-order valence-corrected chi connectivity index (χ1v) is 12.5. The number of likely N-dealkylation sites (tertiary alicyclic amines) is 1. The number of amides is 2. The van der Waals surface area contributed by atoms with E-state index in [1.54, 1.807) is 62.1 Å². The zero-order chi connectivity index (χ0) is 23.8. The van der Waals surface area contributed by atoms with Crippen LogP contribution in [0.25, 0.3) is 4.91 Å². The monoisotopic (exact) mass is 467 g/mol. The van der Waals surface area contributed by atoms with E-state index in [4.69, 9.17) is 0 Å². The Labute approximate surface area is 195 Å². The van der Waals surface area contributed by atoms with Crippen molar-refractivity contribution in [2.24, 2.45) is 0 Å². The zero-order valence-corrected chi connectivity index (χ0v) is 19.9. The van der Waals surface area contributed by atoms with Crippen LogP contribution in [-0.2, 0) is 14.8 Å². The molecule has 1 N–H and O–H groups in total. The van der Waals surface area contributed by atoms with Crippen molar-refractivity contribution in [3.05, 3.63) is 77.5 Å². The molecule has 0 saturated carbocycles. The second-order valence-electron chi connectivity index (χ2n) is 9.39. The van der Waals surface area contributed by atoms with Gasteiger partial charge in [0.15, 0.2) is 0 Å². The molecule has 1 saturated heterocycles. The molecule has 2 heterocycles. The number of benzene rings is 2. The Morgan fingerprint density at radius 2 is 1.48 bits per heavy atom. The molecular formula is C25H29N3O4S. The first-order valence-electron chi connectivity index (χ1n) is 11.1. The van der Waals surface area contributed by atoms with E-state index in [1.165, 1.54) is 0 Å². The zero-order valence-electron chi connectivity index (χ0n) is 19.1. The summed E-state index contributed by atoms with van der Waals surface area (Å²) in [6.07, 6.45) is 1.24. The van der Waals surface area contributed by atoms with Crippen LogP contribution in [0.1, 0.15) is 49.5 Å². The molecule has 0 bridgehead atoms. The van der Waals surface area contributed by atoms with Gasteiger partial charge in [-0.15, -0.1) is 0 Å². The number of rotatable bonds is 4. The van der Waals surface area contributed by atoms with Crippen LogP contribution in [0.4, 0.5) is 0 Å². The van der Waals surface area contributed by atoms with Gasteiger partial charge in [-0.1, -0.05) is 48.5 Å². The molecule has 4 rings (SSSR count). The minimum atomic E-state index is -4.01. The van der Waals surface area contributed by atoms with Gasteiger partial charge in [-0.3, -0.25) is 9.59 Å². The van der Waals surface area contributed by atoms with Gasteiger partial charge in [0, 0.05) is 24.7 Å². The van der Waals surface area contributed by atoms with Crippen LogP contribution in [0.15, 0.2) is 66.4 Å². The van der Waals surface area contributed by atoms with Gasteiger partial charge in [-0.2, -0.15) is 0 Å². The van der Waals surface area contributed by atoms with Crippen molar-refractivity contribution in [3.63, 3.8) is 0 Å². The Hall–Kier alpha value is -3.13. The van der Waals surface area contributed by atoms with E-state index in [2.05, 4.69) is 5.32 Å². The summed E-state index contributed by atoms with van der Waals surface area (Å²) >= 11 is 0. The molecule has 0 aliphatic carbocycles. The van der Waals surface area contributed by atoms with Crippen molar-refractivity contribution >= 4 is 26.7 Å². The maximum atomic E-state index is 13.5. The molecule has 2 aromatic carbocycles. The van der Waals surface area contributed by atoms with E-state index in [1.807, 2.05) is 24.3 Å². The number of sulfonamides is 1. The number of carbonyl (C=O) groups excluding carboxylic acids is 2. The van der Waals surface area contributed by atoms with Crippen molar-refractivity contribution in [1.82, 2.24) is 14.5 Å². The van der Waals surface area contributed by atoms with Crippen molar-refractivity contribution in [3.8, 4) is 0 Å². The summed E-state index contributed by atoms with van der Waals surface area (Å²) in [5.41, 5.74) is 0.349. The number of hydrogen-bond acceptors (Lipinski definition) is 5. The molecule has 2 aromatic rings. The molecule has 2 aliphatic heterocycles. The molecule has 0 aromatic heterocycles. The van der Waals surface area contributed by atoms with Gasteiger partial charge in [-0.05, 0) is 51.3 Å². The average molecular weight is 468 g/mol. The highest BCUT2D eigenvalue weighted by molar-refractivity contribution is 7.99. The molecule has 174 valence electrons. The predicted molar refractivity (Wildman–Crippen MR) is 127 cm³/mol. The topological polar surface area (TPSA) is 86.8 Å². The van der Waals surface area contributed by atoms with Crippen LogP contribution >= 0.6 is 0 Å². The molecule has 33 heavy (non-hydrogen) atoms. The third kappa shape index (κ3) is 4.39. The molecule has 0 radical (unpaired) electrons. The summed E-state index contributed by atoms with van der Waals surface area (Å²) < 4.78 is 27.9. The number of piperidine rings is 1. The first kappa shape index (κ1) is 23.0. The molecule has 8 heteroatoms. The molecule has 7 nitrogen and oxygen atoms in total. The Balaban J connectivity index is 1.58. The highest BCUT2D eigenvalue weighted by Gasteiger charge is 2.49. The SMILES string of the molecule is CC(C)(C)N1C(=O)C(NC2CCN(C(=O)c3ccccc3)CC2)=C(c2ccccc2)S1(=O)=O. The Bertz CT molecular complexity index is 1180. The predicted octanol–water partition coefficient (Wildman–Crippen LogP) is 3.22. The van der Waals surface area contributed by atoms with Crippen molar-refractivity contribution < 1.29 is 18.0 Å². The van der Waals surface area contributed by atoms with E-state index < -0.39 is 21.5 Å². The van der Waals surface area contributed by atoms with Crippen molar-refractivity contribution in [1.29, 1.82) is 0 Å². The third-order valence-corrected chi connectivity index (χ3v) is 8.07. The first-order chi connectivity index (χ1) is 15.6. The molecule has 2 amide bonds. The molecule has 0 unspecified atom stereocenters. The fraction of sp³-hybridized carbons (Fsp3) is 0.360. The third-order valence-electron chi connectivity index (χ3n) is 5.92. The number of carbonyl (C=O) groups is 2. The maximum Gasteiger partial charge on any atom is 0.285 e. The summed E-state index contributed by atoms with van der Waals surface area (Å²) in [4.78, 5) is 27.9. The second kappa shape index (κ2) is 8.67. The Morgan fingerprint density at radius 1 is 0.939 bits per heavy atom. The van der Waals surface area contributed by atoms with Crippen LogP contribution < -0.4 is 5.32 Å². The summed E-state index contributed by atoms with van der Waals surface area (Å²) in [5.74, 6) is -0.555. The fourth-order valence-electron chi connectivity index (χ4n) is 4.40. The lowest BCUT2D eigenvalue weighted by molar-refractivity contribution is -0.125. The van der Waals surface area contributed by atoms with Gasteiger partial charge in [0.2, 0.25) is 0 Å². The lowest BCUT2D eigenvalue weighted by Gasteiger charge is -2.33. The highest BCUT2D eigenvalue weighted by Crippen LogP contribution is 2.39. The van der Waals surface area contributed by atoms with Gasteiger partial charge in [0.1, 0.15) is 10.6 Å². The van der Waals surface area contributed by atoms with Gasteiger partial charge >= 0.3 is 0 Å². The molecule has 2 aliphatic rings. The molecule has 0 atom stereocenters. The molecule has 1 fully saturated rings. The summed E-state index contributed by atoms with van der Waals surface area (Å²) in [6.45, 7) is 6.19. The standard InChI is InChI=1S/C25H29N3O4S/c1-25(2,3)28-24(30)21(22(33(28,31)32)18-10-6-4-7-11-18)26-20-14-16-27(17-15-20)23(29)19-12-8-5-9-13-19/h4-13,20,26H,14-17H2,1-3H3. The van der Waals surface area contributed by atoms with Gasteiger partial charge in [-0.25, -0.2) is 12.7 Å². The Kier molecular flexibility index (Phi) is 6.05. The largest absolute Gasteiger partial charge is 0.377 e. The number of hydrogen-bond donors (Lipinski definition) is 1. The van der Waals surface area contributed by atoms with Crippen LogP contribution in [0.5, 0.6) is 0 Å². The van der Waals surface area contributed by atoms with Crippen LogP contribution in [0.3, 0.4) is 0 Å². The van der Waals surface area contributed by atoms with Gasteiger partial charge in [0.25, 0.3) is 21.8 Å². The summed E-state index contributed by atoms with van der Waals surface area (Å²) in [5, 5.41) is 3.24. The number of nitrogens with one attached hydrogen (secondary N) is 1. The quantitative estimate of drug-likeness (QED) is 0.746. The highest BCUT2D eigenvalue weighted by atomic mass is 32.2. The lowest BCUT2D eigenvalue weighted by atomic mass is 10.0. The summed E-state index contributed by atoms with van der Waals surface area (Å²) in [6, 6.07) is 17.8. The fourth-order valence-corrected chi connectivity index (χ4v) is 6.45. The van der Waals surface area contributed by atoms with Crippen LogP contribution in [-0.4, -0.2) is 54.1 Å². The molecular weight excluding hydrogens is 438 g/mol. The normalized spacial score (nSPS) is 19.2. The Morgan fingerprint density at radius 3 is 2.03 bits per heavy atom. The second-order valence-corrected chi connectivity index (χ2v) is 11.1. The van der Waals surface area contributed by atoms with Gasteiger partial charge < -0.3 is 10.2 Å². The smallest absolute Gasteiger partial charge is 0.285 e. The van der Waals surface area contributed by atoms with Crippen LogP contribution in [0, 0.1) is 0 Å². The van der Waals surface area contributed by atoms with Crippen molar-refractivity contribution in [2.75, 3.05) is 13.1 Å². The maximum absolute atomic E-state index is 13.5. The minimum Gasteiger partial charge on any atom is -0.377 e. The molecule has 0 spiro atoms. The van der Waals surface area contributed by atoms with E-state index in [0.29, 0.717) is 37.1 Å². The lowest BCUT2D eigenvalue weighted by Crippen LogP contribution is -2.48. The van der Waals surface area contributed by atoms with E-state index in [0.717, 1.165) is 4.31 Å². The van der Waals surface area contributed by atoms with E-state index >= 15 is 0 Å². The van der Waals surface area contributed by atoms with Gasteiger partial charge in [0.05, 0.1) is 5.54 Å². The van der Waals surface area contributed by atoms with E-state index in [-0.39, 0.29) is 22.6 Å². The number of nitrogens with zero attached hydrogens (tertiary/aromatic N) is 2.